The molecule has 0 aliphatic heterocycles. The fourth-order valence-corrected chi connectivity index (χ4v) is 3.78. The first kappa shape index (κ1) is 20.1. The van der Waals surface area contributed by atoms with Gasteiger partial charge in [0.2, 0.25) is 0 Å². The van der Waals surface area contributed by atoms with Crippen molar-refractivity contribution in [3.8, 4) is 0 Å². The van der Waals surface area contributed by atoms with Crippen molar-refractivity contribution in [1.82, 2.24) is 5.32 Å². The van der Waals surface area contributed by atoms with E-state index in [4.69, 9.17) is 11.6 Å². The number of hydrogen-bond acceptors (Lipinski definition) is 3. The molecule has 28 heavy (non-hydrogen) atoms. The molecule has 3 aromatic rings. The van der Waals surface area contributed by atoms with Crippen LogP contribution in [-0.4, -0.2) is 20.6 Å². The first-order chi connectivity index (χ1) is 13.3. The highest BCUT2D eigenvalue weighted by Crippen LogP contribution is 2.23. The molecular weight excluding hydrogens is 394 g/mol. The zero-order valence-electron chi connectivity index (χ0n) is 15.3. The predicted molar refractivity (Wildman–Crippen MR) is 111 cm³/mol. The first-order valence-electron chi connectivity index (χ1n) is 8.74. The molecule has 3 aromatic carbocycles. The van der Waals surface area contributed by atoms with Crippen LogP contribution in [0, 0.1) is 0 Å². The number of halogens is 1. The summed E-state index contributed by atoms with van der Waals surface area (Å²) in [5, 5.41) is 3.20. The van der Waals surface area contributed by atoms with Gasteiger partial charge in [-0.05, 0) is 35.7 Å². The number of carbonyl (C=O) groups is 1. The highest BCUT2D eigenvalue weighted by molar-refractivity contribution is 7.90. The minimum Gasteiger partial charge on any atom is -0.345 e. The summed E-state index contributed by atoms with van der Waals surface area (Å²) in [7, 11) is -3.44. The van der Waals surface area contributed by atoms with Gasteiger partial charge >= 0.3 is 0 Å². The van der Waals surface area contributed by atoms with Gasteiger partial charge in [-0.3, -0.25) is 4.79 Å². The standard InChI is InChI=1S/C22H20ClNO3S/c1-28(26,27)18-12-13-20(23)19(15-18)22(25)24-21(17-10-6-3-7-11-17)14-16-8-4-2-5-9-16/h2-13,15,21H,14H2,1H3,(H,24,25)/t21-/m1/s1. The topological polar surface area (TPSA) is 63.2 Å². The molecule has 144 valence electrons. The van der Waals surface area contributed by atoms with Crippen LogP contribution >= 0.6 is 11.6 Å². The van der Waals surface area contributed by atoms with E-state index in [0.717, 1.165) is 17.4 Å². The molecule has 0 heterocycles. The molecule has 3 rings (SSSR count). The Bertz CT molecular complexity index is 1070. The lowest BCUT2D eigenvalue weighted by Crippen LogP contribution is -2.30. The first-order valence-corrected chi connectivity index (χ1v) is 11.0. The van der Waals surface area contributed by atoms with E-state index in [1.165, 1.54) is 18.2 Å². The summed E-state index contributed by atoms with van der Waals surface area (Å²) in [5.74, 6) is -0.416. The summed E-state index contributed by atoms with van der Waals surface area (Å²) in [4.78, 5) is 13.0. The molecule has 0 radical (unpaired) electrons. The fourth-order valence-electron chi connectivity index (χ4n) is 2.93. The normalized spacial score (nSPS) is 12.4. The molecular formula is C22H20ClNO3S. The van der Waals surface area contributed by atoms with Crippen molar-refractivity contribution >= 4 is 27.3 Å². The van der Waals surface area contributed by atoms with Crippen LogP contribution in [-0.2, 0) is 16.3 Å². The number of sulfone groups is 1. The number of amides is 1. The zero-order chi connectivity index (χ0) is 20.1. The van der Waals surface area contributed by atoms with E-state index in [-0.39, 0.29) is 21.5 Å². The van der Waals surface area contributed by atoms with Gasteiger partial charge in [-0.2, -0.15) is 0 Å². The minimum atomic E-state index is -3.44. The summed E-state index contributed by atoms with van der Waals surface area (Å²) < 4.78 is 23.7. The molecule has 0 bridgehead atoms. The molecule has 0 fully saturated rings. The van der Waals surface area contributed by atoms with E-state index in [9.17, 15) is 13.2 Å². The van der Waals surface area contributed by atoms with E-state index in [1.807, 2.05) is 60.7 Å². The van der Waals surface area contributed by atoms with Gasteiger partial charge in [0.25, 0.3) is 5.91 Å². The van der Waals surface area contributed by atoms with Crippen molar-refractivity contribution in [3.05, 3.63) is 101 Å². The Morgan fingerprint density at radius 1 is 0.964 bits per heavy atom. The second kappa shape index (κ2) is 8.59. The minimum absolute atomic E-state index is 0.0568. The highest BCUT2D eigenvalue weighted by atomic mass is 35.5. The van der Waals surface area contributed by atoms with Crippen LogP contribution < -0.4 is 5.32 Å². The fraction of sp³-hybridized carbons (Fsp3) is 0.136. The lowest BCUT2D eigenvalue weighted by Gasteiger charge is -2.20. The Morgan fingerprint density at radius 3 is 2.18 bits per heavy atom. The number of benzene rings is 3. The Balaban J connectivity index is 1.91. The van der Waals surface area contributed by atoms with Crippen LogP contribution in [0.15, 0.2) is 83.8 Å². The smallest absolute Gasteiger partial charge is 0.253 e. The molecule has 1 atom stereocenters. The van der Waals surface area contributed by atoms with E-state index in [2.05, 4.69) is 5.32 Å². The van der Waals surface area contributed by atoms with Crippen LogP contribution in [0.4, 0.5) is 0 Å². The average molecular weight is 414 g/mol. The Morgan fingerprint density at radius 2 is 1.57 bits per heavy atom. The van der Waals surface area contributed by atoms with Gasteiger partial charge in [0.05, 0.1) is 21.5 Å². The van der Waals surface area contributed by atoms with Crippen LogP contribution in [0.1, 0.15) is 27.5 Å². The van der Waals surface area contributed by atoms with Crippen molar-refractivity contribution in [2.75, 3.05) is 6.26 Å². The van der Waals surface area contributed by atoms with E-state index >= 15 is 0 Å². The van der Waals surface area contributed by atoms with Gasteiger partial charge in [0.1, 0.15) is 0 Å². The number of rotatable bonds is 6. The van der Waals surface area contributed by atoms with Crippen LogP contribution in [0.2, 0.25) is 5.02 Å². The average Bonchev–Trinajstić information content (AvgIpc) is 2.68. The summed E-state index contributed by atoms with van der Waals surface area (Å²) in [6, 6.07) is 23.3. The largest absolute Gasteiger partial charge is 0.345 e. The van der Waals surface area contributed by atoms with Crippen molar-refractivity contribution in [3.63, 3.8) is 0 Å². The second-order valence-corrected chi connectivity index (χ2v) is 8.96. The van der Waals surface area contributed by atoms with E-state index in [0.29, 0.717) is 6.42 Å². The molecule has 0 aromatic heterocycles. The van der Waals surface area contributed by atoms with Crippen molar-refractivity contribution < 1.29 is 13.2 Å². The summed E-state index contributed by atoms with van der Waals surface area (Å²) in [6.07, 6.45) is 1.69. The van der Waals surface area contributed by atoms with Gasteiger partial charge in [-0.1, -0.05) is 72.3 Å². The van der Waals surface area contributed by atoms with Crippen LogP contribution in [0.3, 0.4) is 0 Å². The number of nitrogens with one attached hydrogen (secondary N) is 1. The molecule has 1 N–H and O–H groups in total. The molecule has 0 aliphatic carbocycles. The van der Waals surface area contributed by atoms with Gasteiger partial charge in [0.15, 0.2) is 9.84 Å². The lowest BCUT2D eigenvalue weighted by atomic mass is 9.98. The molecule has 0 saturated heterocycles. The van der Waals surface area contributed by atoms with Crippen molar-refractivity contribution in [2.24, 2.45) is 0 Å². The zero-order valence-corrected chi connectivity index (χ0v) is 16.9. The predicted octanol–water partition coefficient (Wildman–Crippen LogP) is 4.46. The van der Waals surface area contributed by atoms with E-state index in [1.54, 1.807) is 0 Å². The SMILES string of the molecule is CS(=O)(=O)c1ccc(Cl)c(C(=O)N[C@H](Cc2ccccc2)c2ccccc2)c1. The molecule has 4 nitrogen and oxygen atoms in total. The maximum absolute atomic E-state index is 12.9. The second-order valence-electron chi connectivity index (χ2n) is 6.54. The molecule has 1 amide bonds. The van der Waals surface area contributed by atoms with Gasteiger partial charge < -0.3 is 5.32 Å². The molecule has 0 saturated carbocycles. The van der Waals surface area contributed by atoms with Gasteiger partial charge in [0, 0.05) is 6.26 Å². The maximum Gasteiger partial charge on any atom is 0.253 e. The summed E-state index contributed by atoms with van der Waals surface area (Å²) >= 11 is 6.18. The number of hydrogen-bond donors (Lipinski definition) is 1. The Labute approximate surface area is 170 Å². The van der Waals surface area contributed by atoms with Crippen LogP contribution in [0.25, 0.3) is 0 Å². The van der Waals surface area contributed by atoms with Crippen molar-refractivity contribution in [2.45, 2.75) is 17.4 Å². The number of carbonyl (C=O) groups excluding carboxylic acids is 1. The van der Waals surface area contributed by atoms with Gasteiger partial charge in [-0.25, -0.2) is 8.42 Å². The summed E-state index contributed by atoms with van der Waals surface area (Å²) in [6.45, 7) is 0. The summed E-state index contributed by atoms with van der Waals surface area (Å²) in [5.41, 5.74) is 2.17. The van der Waals surface area contributed by atoms with Gasteiger partial charge in [-0.15, -0.1) is 0 Å². The lowest BCUT2D eigenvalue weighted by molar-refractivity contribution is 0.0936. The Kier molecular flexibility index (Phi) is 6.17. The molecule has 6 heteroatoms. The monoisotopic (exact) mass is 413 g/mol. The Hall–Kier alpha value is -2.63. The third-order valence-corrected chi connectivity index (χ3v) is 5.84. The molecule has 0 spiro atoms. The highest BCUT2D eigenvalue weighted by Gasteiger charge is 2.20. The third kappa shape index (κ3) is 5.00. The van der Waals surface area contributed by atoms with E-state index < -0.39 is 15.7 Å². The maximum atomic E-state index is 12.9. The molecule has 0 unspecified atom stereocenters. The van der Waals surface area contributed by atoms with Crippen LogP contribution in [0.5, 0.6) is 0 Å². The third-order valence-electron chi connectivity index (χ3n) is 4.40. The quantitative estimate of drug-likeness (QED) is 0.649. The molecule has 0 aliphatic rings. The van der Waals surface area contributed by atoms with Crippen molar-refractivity contribution in [1.29, 1.82) is 0 Å².